The van der Waals surface area contributed by atoms with Crippen LogP contribution in [0.4, 0.5) is 16.2 Å². The van der Waals surface area contributed by atoms with E-state index >= 15 is 0 Å². The molecule has 0 radical (unpaired) electrons. The Kier molecular flexibility index (Phi) is 4.98. The summed E-state index contributed by atoms with van der Waals surface area (Å²) in [5.41, 5.74) is 0.943. The van der Waals surface area contributed by atoms with Crippen molar-refractivity contribution in [3.05, 3.63) is 48.5 Å². The van der Waals surface area contributed by atoms with E-state index in [-0.39, 0.29) is 5.91 Å². The van der Waals surface area contributed by atoms with Gasteiger partial charge in [0.15, 0.2) is 0 Å². The summed E-state index contributed by atoms with van der Waals surface area (Å²) in [7, 11) is 1.50. The molecule has 2 aromatic rings. The molecule has 6 heteroatoms. The van der Waals surface area contributed by atoms with Gasteiger partial charge in [0.2, 0.25) is 5.91 Å². The highest BCUT2D eigenvalue weighted by Gasteiger charge is 2.09. The number of carbonyl (C=O) groups excluding carboxylic acids is 2. The van der Waals surface area contributed by atoms with E-state index < -0.39 is 6.09 Å². The first-order valence-corrected chi connectivity index (χ1v) is 6.58. The van der Waals surface area contributed by atoms with Crippen LogP contribution in [0.2, 0.25) is 0 Å². The van der Waals surface area contributed by atoms with E-state index in [1.165, 1.54) is 14.0 Å². The third kappa shape index (κ3) is 4.24. The van der Waals surface area contributed by atoms with Gasteiger partial charge in [0.1, 0.15) is 11.5 Å². The lowest BCUT2D eigenvalue weighted by molar-refractivity contribution is -0.114. The SMILES string of the molecule is COc1ccc(NC(=O)Oc2ccccc2)cc1NC(C)=O. The van der Waals surface area contributed by atoms with Crippen molar-refractivity contribution in [2.24, 2.45) is 0 Å². The van der Waals surface area contributed by atoms with Crippen molar-refractivity contribution in [1.29, 1.82) is 0 Å². The molecule has 2 aromatic carbocycles. The Labute approximate surface area is 128 Å². The van der Waals surface area contributed by atoms with E-state index in [4.69, 9.17) is 9.47 Å². The fourth-order valence-corrected chi connectivity index (χ4v) is 1.81. The van der Waals surface area contributed by atoms with Gasteiger partial charge in [-0.2, -0.15) is 0 Å². The summed E-state index contributed by atoms with van der Waals surface area (Å²) in [5, 5.41) is 5.22. The third-order valence-corrected chi connectivity index (χ3v) is 2.71. The fraction of sp³-hybridized carbons (Fsp3) is 0.125. The predicted octanol–water partition coefficient (Wildman–Crippen LogP) is 3.26. The maximum atomic E-state index is 11.8. The van der Waals surface area contributed by atoms with Gasteiger partial charge in [-0.3, -0.25) is 10.1 Å². The van der Waals surface area contributed by atoms with Gasteiger partial charge in [-0.15, -0.1) is 0 Å². The number of carbonyl (C=O) groups is 2. The second kappa shape index (κ2) is 7.12. The molecule has 2 amide bonds. The Morgan fingerprint density at radius 2 is 1.73 bits per heavy atom. The number of hydrogen-bond acceptors (Lipinski definition) is 4. The zero-order valence-electron chi connectivity index (χ0n) is 12.3. The summed E-state index contributed by atoms with van der Waals surface area (Å²) >= 11 is 0. The summed E-state index contributed by atoms with van der Waals surface area (Å²) in [6.07, 6.45) is -0.620. The van der Waals surface area contributed by atoms with Crippen LogP contribution in [-0.4, -0.2) is 19.1 Å². The van der Waals surface area contributed by atoms with E-state index in [9.17, 15) is 9.59 Å². The highest BCUT2D eigenvalue weighted by molar-refractivity contribution is 5.93. The van der Waals surface area contributed by atoms with Crippen molar-refractivity contribution >= 4 is 23.4 Å². The number of nitrogens with one attached hydrogen (secondary N) is 2. The normalized spacial score (nSPS) is 9.73. The molecular weight excluding hydrogens is 284 g/mol. The summed E-state index contributed by atoms with van der Waals surface area (Å²) in [6.45, 7) is 1.39. The summed E-state index contributed by atoms with van der Waals surface area (Å²) in [4.78, 5) is 23.0. The van der Waals surface area contributed by atoms with Crippen LogP contribution in [0.25, 0.3) is 0 Å². The van der Waals surface area contributed by atoms with Gasteiger partial charge in [0.25, 0.3) is 0 Å². The number of anilines is 2. The summed E-state index contributed by atoms with van der Waals surface area (Å²) in [6, 6.07) is 13.6. The van der Waals surface area contributed by atoms with Crippen LogP contribution in [-0.2, 0) is 4.79 Å². The number of rotatable bonds is 4. The average Bonchev–Trinajstić information content (AvgIpc) is 2.48. The molecule has 0 aliphatic heterocycles. The lowest BCUT2D eigenvalue weighted by atomic mass is 10.2. The molecule has 0 fully saturated rings. The highest BCUT2D eigenvalue weighted by atomic mass is 16.6. The molecule has 0 aromatic heterocycles. The monoisotopic (exact) mass is 300 g/mol. The van der Waals surface area contributed by atoms with Crippen molar-refractivity contribution in [2.45, 2.75) is 6.92 Å². The molecule has 2 rings (SSSR count). The minimum absolute atomic E-state index is 0.234. The molecule has 0 bridgehead atoms. The van der Waals surface area contributed by atoms with Crippen LogP contribution < -0.4 is 20.1 Å². The molecule has 0 unspecified atom stereocenters. The van der Waals surface area contributed by atoms with Crippen LogP contribution in [0.3, 0.4) is 0 Å². The van der Waals surface area contributed by atoms with Crippen LogP contribution in [0.1, 0.15) is 6.92 Å². The Morgan fingerprint density at radius 1 is 1.00 bits per heavy atom. The van der Waals surface area contributed by atoms with Gasteiger partial charge in [0.05, 0.1) is 12.8 Å². The van der Waals surface area contributed by atoms with E-state index in [0.717, 1.165) is 0 Å². The number of para-hydroxylation sites is 1. The van der Waals surface area contributed by atoms with Crippen LogP contribution in [0, 0.1) is 0 Å². The maximum absolute atomic E-state index is 11.8. The van der Waals surface area contributed by atoms with Crippen LogP contribution >= 0.6 is 0 Å². The van der Waals surface area contributed by atoms with Crippen molar-refractivity contribution < 1.29 is 19.1 Å². The molecule has 0 heterocycles. The number of ether oxygens (including phenoxy) is 2. The minimum Gasteiger partial charge on any atom is -0.495 e. The molecule has 0 atom stereocenters. The molecule has 6 nitrogen and oxygen atoms in total. The standard InChI is InChI=1S/C16H16N2O4/c1-11(19)17-14-10-12(8-9-15(14)21-2)18-16(20)22-13-6-4-3-5-7-13/h3-10H,1-2H3,(H,17,19)(H,18,20). The Hall–Kier alpha value is -3.02. The number of amides is 2. The maximum Gasteiger partial charge on any atom is 0.417 e. The highest BCUT2D eigenvalue weighted by Crippen LogP contribution is 2.28. The smallest absolute Gasteiger partial charge is 0.417 e. The molecular formula is C16H16N2O4. The summed E-state index contributed by atoms with van der Waals surface area (Å²) in [5.74, 6) is 0.704. The largest absolute Gasteiger partial charge is 0.495 e. The predicted molar refractivity (Wildman–Crippen MR) is 83.4 cm³/mol. The quantitative estimate of drug-likeness (QED) is 0.908. The number of methoxy groups -OCH3 is 1. The third-order valence-electron chi connectivity index (χ3n) is 2.71. The topological polar surface area (TPSA) is 76.7 Å². The second-order valence-electron chi connectivity index (χ2n) is 4.42. The molecule has 114 valence electrons. The zero-order chi connectivity index (χ0) is 15.9. The van der Waals surface area contributed by atoms with E-state index in [1.54, 1.807) is 42.5 Å². The Morgan fingerprint density at radius 3 is 2.36 bits per heavy atom. The molecule has 2 N–H and O–H groups in total. The first-order chi connectivity index (χ1) is 10.6. The van der Waals surface area contributed by atoms with Crippen molar-refractivity contribution in [3.63, 3.8) is 0 Å². The van der Waals surface area contributed by atoms with E-state index in [1.807, 2.05) is 6.07 Å². The van der Waals surface area contributed by atoms with Gasteiger partial charge in [-0.25, -0.2) is 4.79 Å². The van der Waals surface area contributed by atoms with E-state index in [2.05, 4.69) is 10.6 Å². The van der Waals surface area contributed by atoms with Crippen LogP contribution in [0.15, 0.2) is 48.5 Å². The molecule has 0 spiro atoms. The first-order valence-electron chi connectivity index (χ1n) is 6.58. The van der Waals surface area contributed by atoms with Crippen LogP contribution in [0.5, 0.6) is 11.5 Å². The number of benzene rings is 2. The molecule has 0 aliphatic rings. The second-order valence-corrected chi connectivity index (χ2v) is 4.42. The number of hydrogen-bond donors (Lipinski definition) is 2. The first kappa shape index (κ1) is 15.4. The lowest BCUT2D eigenvalue weighted by Gasteiger charge is -2.12. The van der Waals surface area contributed by atoms with Crippen molar-refractivity contribution in [1.82, 2.24) is 0 Å². The Balaban J connectivity index is 2.09. The average molecular weight is 300 g/mol. The van der Waals surface area contributed by atoms with Crippen molar-refractivity contribution in [2.75, 3.05) is 17.7 Å². The van der Waals surface area contributed by atoms with Crippen molar-refractivity contribution in [3.8, 4) is 11.5 Å². The molecule has 22 heavy (non-hydrogen) atoms. The zero-order valence-corrected chi connectivity index (χ0v) is 12.3. The fourth-order valence-electron chi connectivity index (χ4n) is 1.81. The van der Waals surface area contributed by atoms with Gasteiger partial charge >= 0.3 is 6.09 Å². The Bertz CT molecular complexity index is 671. The molecule has 0 saturated carbocycles. The van der Waals surface area contributed by atoms with Gasteiger partial charge in [-0.1, -0.05) is 18.2 Å². The molecule has 0 saturated heterocycles. The summed E-state index contributed by atoms with van der Waals surface area (Å²) < 4.78 is 10.3. The van der Waals surface area contributed by atoms with Gasteiger partial charge in [-0.05, 0) is 30.3 Å². The lowest BCUT2D eigenvalue weighted by Crippen LogP contribution is -2.17. The van der Waals surface area contributed by atoms with Gasteiger partial charge < -0.3 is 14.8 Å². The minimum atomic E-state index is -0.620. The van der Waals surface area contributed by atoms with E-state index in [0.29, 0.717) is 22.9 Å². The molecule has 0 aliphatic carbocycles. The van der Waals surface area contributed by atoms with Gasteiger partial charge in [0, 0.05) is 12.6 Å².